The van der Waals surface area contributed by atoms with Gasteiger partial charge in [-0.15, -0.1) is 0 Å². The van der Waals surface area contributed by atoms with Gasteiger partial charge in [-0.3, -0.25) is 9.20 Å². The molecule has 8 nitrogen and oxygen atoms in total. The van der Waals surface area contributed by atoms with E-state index in [1.165, 1.54) is 29.7 Å². The molecule has 0 aliphatic carbocycles. The SMILES string of the molecule is O=C(c1c(-c2ccoc2)cn2c(Cl)cnc2c1C(F)(F)F)N1CCC(N2CCOC2=O)CC1. The molecule has 0 aromatic carbocycles. The summed E-state index contributed by atoms with van der Waals surface area (Å²) in [6.45, 7) is 1.19. The summed E-state index contributed by atoms with van der Waals surface area (Å²) in [6.07, 6.45) is 0.693. The summed E-state index contributed by atoms with van der Waals surface area (Å²) >= 11 is 6.07. The molecular weight excluding hydrogens is 465 g/mol. The Balaban J connectivity index is 1.56. The average Bonchev–Trinajstić information content (AvgIpc) is 3.53. The molecule has 174 valence electrons. The third-order valence-electron chi connectivity index (χ3n) is 6.07. The first-order chi connectivity index (χ1) is 15.8. The van der Waals surface area contributed by atoms with Gasteiger partial charge in [-0.1, -0.05) is 11.6 Å². The smallest absolute Gasteiger partial charge is 0.420 e. The van der Waals surface area contributed by atoms with Crippen LogP contribution in [0.2, 0.25) is 5.15 Å². The van der Waals surface area contributed by atoms with Crippen molar-refractivity contribution in [3.05, 3.63) is 47.3 Å². The van der Waals surface area contributed by atoms with Crippen molar-refractivity contribution >= 4 is 29.2 Å². The number of carbonyl (C=O) groups is 2. The molecule has 5 rings (SSSR count). The predicted octanol–water partition coefficient (Wildman–Crippen LogP) is 4.32. The first-order valence-corrected chi connectivity index (χ1v) is 10.7. The second-order valence-electron chi connectivity index (χ2n) is 7.91. The number of hydrogen-bond acceptors (Lipinski definition) is 5. The lowest BCUT2D eigenvalue weighted by molar-refractivity contribution is -0.137. The van der Waals surface area contributed by atoms with E-state index >= 15 is 0 Å². The number of nitrogens with zero attached hydrogens (tertiary/aromatic N) is 4. The monoisotopic (exact) mass is 482 g/mol. The van der Waals surface area contributed by atoms with E-state index in [1.54, 1.807) is 4.90 Å². The molecule has 0 N–H and O–H groups in total. The Hall–Kier alpha value is -3.21. The Morgan fingerprint density at radius 2 is 1.97 bits per heavy atom. The van der Waals surface area contributed by atoms with Crippen LogP contribution in [0.5, 0.6) is 0 Å². The highest BCUT2D eigenvalue weighted by Gasteiger charge is 2.42. The first-order valence-electron chi connectivity index (χ1n) is 10.3. The summed E-state index contributed by atoms with van der Waals surface area (Å²) < 4.78 is 54.0. The molecule has 0 bridgehead atoms. The van der Waals surface area contributed by atoms with Crippen molar-refractivity contribution in [2.75, 3.05) is 26.2 Å². The second kappa shape index (κ2) is 7.98. The molecule has 0 radical (unpaired) electrons. The van der Waals surface area contributed by atoms with E-state index < -0.39 is 35.0 Å². The lowest BCUT2D eigenvalue weighted by atomic mass is 9.96. The van der Waals surface area contributed by atoms with Crippen LogP contribution < -0.4 is 0 Å². The molecule has 2 amide bonds. The number of imidazole rings is 1. The number of hydrogen-bond donors (Lipinski definition) is 0. The molecule has 2 aliphatic heterocycles. The van der Waals surface area contributed by atoms with Crippen LogP contribution in [0.25, 0.3) is 16.8 Å². The van der Waals surface area contributed by atoms with E-state index in [1.807, 2.05) is 0 Å². The maximum Gasteiger partial charge on any atom is 0.420 e. The fraction of sp³-hybridized carbons (Fsp3) is 0.381. The Bertz CT molecular complexity index is 1220. The molecule has 0 unspecified atom stereocenters. The highest BCUT2D eigenvalue weighted by Crippen LogP contribution is 2.41. The minimum absolute atomic E-state index is 0.0162. The summed E-state index contributed by atoms with van der Waals surface area (Å²) in [7, 11) is 0. The molecule has 33 heavy (non-hydrogen) atoms. The zero-order valence-corrected chi connectivity index (χ0v) is 17.9. The number of alkyl halides is 3. The van der Waals surface area contributed by atoms with Crippen LogP contribution >= 0.6 is 11.6 Å². The number of aromatic nitrogens is 2. The van der Waals surface area contributed by atoms with E-state index in [0.717, 1.165) is 10.6 Å². The van der Waals surface area contributed by atoms with Crippen molar-refractivity contribution in [1.29, 1.82) is 0 Å². The van der Waals surface area contributed by atoms with Gasteiger partial charge in [0.1, 0.15) is 17.3 Å². The number of ether oxygens (including phenoxy) is 1. The molecule has 5 heterocycles. The number of pyridine rings is 1. The second-order valence-corrected chi connectivity index (χ2v) is 8.30. The minimum atomic E-state index is -4.86. The Kier molecular flexibility index (Phi) is 5.23. The van der Waals surface area contributed by atoms with Gasteiger partial charge >= 0.3 is 12.3 Å². The van der Waals surface area contributed by atoms with Gasteiger partial charge < -0.3 is 19.0 Å². The first kappa shape index (κ1) is 21.6. The number of cyclic esters (lactones) is 1. The molecule has 0 spiro atoms. The van der Waals surface area contributed by atoms with Crippen molar-refractivity contribution in [2.45, 2.75) is 25.1 Å². The van der Waals surface area contributed by atoms with Gasteiger partial charge in [-0.2, -0.15) is 13.2 Å². The summed E-state index contributed by atoms with van der Waals surface area (Å²) in [5.41, 5.74) is -1.75. The van der Waals surface area contributed by atoms with E-state index in [-0.39, 0.29) is 29.8 Å². The zero-order valence-electron chi connectivity index (χ0n) is 17.1. The number of likely N-dealkylation sites (tertiary alicyclic amines) is 1. The minimum Gasteiger partial charge on any atom is -0.472 e. The molecule has 2 saturated heterocycles. The standard InChI is InChI=1S/C21H18ClF3N4O4/c22-15-9-26-18-17(21(23,24)25)16(14(10-29(15)18)12-3-7-32-11-12)19(30)27-4-1-13(2-5-27)28-6-8-33-20(28)31/h3,7,9-11,13H,1-2,4-6,8H2. The van der Waals surface area contributed by atoms with E-state index in [4.69, 9.17) is 20.8 Å². The number of furan rings is 1. The third-order valence-corrected chi connectivity index (χ3v) is 6.35. The molecule has 3 aromatic rings. The van der Waals surface area contributed by atoms with Crippen molar-refractivity contribution in [1.82, 2.24) is 19.2 Å². The van der Waals surface area contributed by atoms with Gasteiger partial charge in [-0.25, -0.2) is 9.78 Å². The lowest BCUT2D eigenvalue weighted by Crippen LogP contribution is -2.47. The Morgan fingerprint density at radius 3 is 2.58 bits per heavy atom. The summed E-state index contributed by atoms with van der Waals surface area (Å²) in [5, 5.41) is -0.0162. The van der Waals surface area contributed by atoms with Gasteiger partial charge in [0, 0.05) is 36.5 Å². The fourth-order valence-corrected chi connectivity index (χ4v) is 4.67. The maximum atomic E-state index is 14.3. The summed E-state index contributed by atoms with van der Waals surface area (Å²) in [5.74, 6) is -0.761. The van der Waals surface area contributed by atoms with Gasteiger partial charge in [-0.05, 0) is 18.9 Å². The van der Waals surface area contributed by atoms with Crippen molar-refractivity contribution in [2.24, 2.45) is 0 Å². The van der Waals surface area contributed by atoms with Gasteiger partial charge in [0.25, 0.3) is 5.91 Å². The highest BCUT2D eigenvalue weighted by molar-refractivity contribution is 6.29. The molecule has 0 saturated carbocycles. The molecule has 0 atom stereocenters. The molecular formula is C21H18ClF3N4O4. The zero-order chi connectivity index (χ0) is 23.3. The number of halogens is 4. The van der Waals surface area contributed by atoms with Crippen LogP contribution in [0.3, 0.4) is 0 Å². The summed E-state index contributed by atoms with van der Waals surface area (Å²) in [4.78, 5) is 32.2. The van der Waals surface area contributed by atoms with Crippen LogP contribution in [-0.4, -0.2) is 63.5 Å². The molecule has 12 heteroatoms. The van der Waals surface area contributed by atoms with Crippen LogP contribution in [-0.2, 0) is 10.9 Å². The predicted molar refractivity (Wildman–Crippen MR) is 110 cm³/mol. The van der Waals surface area contributed by atoms with Gasteiger partial charge in [0.05, 0.1) is 30.8 Å². The van der Waals surface area contributed by atoms with E-state index in [9.17, 15) is 22.8 Å². The highest BCUT2D eigenvalue weighted by atomic mass is 35.5. The number of piperidine rings is 1. The maximum absolute atomic E-state index is 14.3. The number of amides is 2. The largest absolute Gasteiger partial charge is 0.472 e. The normalized spacial score (nSPS) is 17.8. The van der Waals surface area contributed by atoms with E-state index in [0.29, 0.717) is 31.6 Å². The van der Waals surface area contributed by atoms with Crippen molar-refractivity contribution in [3.63, 3.8) is 0 Å². The van der Waals surface area contributed by atoms with Crippen LogP contribution in [0, 0.1) is 0 Å². The Morgan fingerprint density at radius 1 is 1.21 bits per heavy atom. The number of rotatable bonds is 3. The molecule has 3 aromatic heterocycles. The van der Waals surface area contributed by atoms with Crippen molar-refractivity contribution < 1.29 is 31.9 Å². The third kappa shape index (κ3) is 3.69. The fourth-order valence-electron chi connectivity index (χ4n) is 4.49. The molecule has 2 fully saturated rings. The van der Waals surface area contributed by atoms with Crippen LogP contribution in [0.1, 0.15) is 28.8 Å². The number of carbonyl (C=O) groups excluding carboxylic acids is 2. The van der Waals surface area contributed by atoms with Crippen molar-refractivity contribution in [3.8, 4) is 11.1 Å². The number of fused-ring (bicyclic) bond motifs is 1. The van der Waals surface area contributed by atoms with Gasteiger partial charge in [0.15, 0.2) is 5.65 Å². The molecule has 2 aliphatic rings. The van der Waals surface area contributed by atoms with Gasteiger partial charge in [0.2, 0.25) is 0 Å². The quantitative estimate of drug-likeness (QED) is 0.555. The van der Waals surface area contributed by atoms with Crippen LogP contribution in [0.15, 0.2) is 35.4 Å². The topological polar surface area (TPSA) is 80.3 Å². The average molecular weight is 483 g/mol. The summed E-state index contributed by atoms with van der Waals surface area (Å²) in [6, 6.07) is 1.36. The lowest BCUT2D eigenvalue weighted by Gasteiger charge is -2.36. The van der Waals surface area contributed by atoms with Crippen LogP contribution in [0.4, 0.5) is 18.0 Å². The van der Waals surface area contributed by atoms with E-state index in [2.05, 4.69) is 4.98 Å². The Labute approximate surface area is 190 Å².